The van der Waals surface area contributed by atoms with Crippen LogP contribution < -0.4 is 0 Å². The summed E-state index contributed by atoms with van der Waals surface area (Å²) in [5, 5.41) is 0. The van der Waals surface area contributed by atoms with Gasteiger partial charge in [-0.1, -0.05) is 51.0 Å². The Morgan fingerprint density at radius 1 is 1.13 bits per heavy atom. The number of nitrogens with zero attached hydrogens (tertiary/aromatic N) is 2. The van der Waals surface area contributed by atoms with E-state index in [1.165, 1.54) is 22.9 Å². The largest absolute Gasteiger partial charge is 0.342 e. The number of likely N-dealkylation sites (N-methyl/N-ethyl adjacent to an activating group) is 1. The average molecular weight is 423 g/mol. The average Bonchev–Trinajstić information content (AvgIpc) is 3.07. The van der Waals surface area contributed by atoms with Crippen LogP contribution in [0.4, 0.5) is 4.39 Å². The zero-order valence-corrected chi connectivity index (χ0v) is 19.5. The second-order valence-electron chi connectivity index (χ2n) is 9.81. The predicted molar refractivity (Wildman–Crippen MR) is 124 cm³/mol. The molecule has 4 unspecified atom stereocenters. The lowest BCUT2D eigenvalue weighted by Gasteiger charge is -2.55. The number of allylic oxidation sites excluding steroid dienone is 5. The maximum absolute atomic E-state index is 13.8. The van der Waals surface area contributed by atoms with Crippen LogP contribution in [-0.2, 0) is 4.79 Å². The Bertz CT molecular complexity index is 977. The molecular formula is C27H35FN2O. The van der Waals surface area contributed by atoms with Crippen molar-refractivity contribution in [3.05, 3.63) is 59.2 Å². The molecule has 1 aromatic heterocycles. The first-order chi connectivity index (χ1) is 14.8. The molecule has 3 nitrogen and oxygen atoms in total. The van der Waals surface area contributed by atoms with Crippen LogP contribution in [0.15, 0.2) is 47.8 Å². The van der Waals surface area contributed by atoms with Gasteiger partial charge >= 0.3 is 0 Å². The highest BCUT2D eigenvalue weighted by molar-refractivity contribution is 5.88. The number of aromatic nitrogens is 1. The van der Waals surface area contributed by atoms with Gasteiger partial charge in [0.05, 0.1) is 6.20 Å². The SMILES string of the molecule is CC.CN1CCC2(C)C(=CC1=O)CCC1C3=CC=C(c4cncc(F)c4)C3(C)CCC12. The molecule has 0 radical (unpaired) electrons. The Labute approximate surface area is 186 Å². The molecule has 2 heterocycles. The van der Waals surface area contributed by atoms with E-state index in [2.05, 4.69) is 31.0 Å². The third-order valence-electron chi connectivity index (χ3n) is 8.43. The van der Waals surface area contributed by atoms with Crippen LogP contribution in [0.1, 0.15) is 65.4 Å². The molecule has 4 aliphatic rings. The van der Waals surface area contributed by atoms with E-state index in [9.17, 15) is 9.18 Å². The van der Waals surface area contributed by atoms with Gasteiger partial charge in [0, 0.05) is 31.3 Å². The number of pyridine rings is 1. The minimum absolute atomic E-state index is 0.0362. The molecule has 166 valence electrons. The second kappa shape index (κ2) is 8.03. The summed E-state index contributed by atoms with van der Waals surface area (Å²) in [6.45, 7) is 9.55. The molecule has 1 aromatic rings. The molecule has 2 saturated carbocycles. The number of hydrogen-bond acceptors (Lipinski definition) is 2. The van der Waals surface area contributed by atoms with Crippen LogP contribution in [0.3, 0.4) is 0 Å². The first kappa shape index (κ1) is 22.0. The number of halogens is 1. The third-order valence-corrected chi connectivity index (χ3v) is 8.43. The van der Waals surface area contributed by atoms with Crippen molar-refractivity contribution in [2.24, 2.45) is 22.7 Å². The first-order valence-electron chi connectivity index (χ1n) is 11.8. The first-order valence-corrected chi connectivity index (χ1v) is 11.8. The molecule has 0 N–H and O–H groups in total. The highest BCUT2D eigenvalue weighted by Gasteiger charge is 2.54. The maximum Gasteiger partial charge on any atom is 0.246 e. The standard InChI is InChI=1S/C25H29FN2O.C2H6/c1-24-10-11-28(3)23(29)13-17(24)4-5-19-21-7-6-20(16-12-18(26)15-27-14-16)25(21,2)9-8-22(19)24;1-2/h6-7,12-15,19,22H,4-5,8-11H2,1-3H3;1-2H3. The van der Waals surface area contributed by atoms with Gasteiger partial charge in [-0.3, -0.25) is 9.78 Å². The molecule has 0 aromatic carbocycles. The monoisotopic (exact) mass is 422 g/mol. The van der Waals surface area contributed by atoms with Gasteiger partial charge in [0.25, 0.3) is 0 Å². The highest BCUT2D eigenvalue weighted by Crippen LogP contribution is 2.64. The summed E-state index contributed by atoms with van der Waals surface area (Å²) < 4.78 is 13.8. The van der Waals surface area contributed by atoms with Gasteiger partial charge in [0.1, 0.15) is 5.82 Å². The van der Waals surface area contributed by atoms with E-state index < -0.39 is 0 Å². The topological polar surface area (TPSA) is 33.2 Å². The molecule has 0 bridgehead atoms. The lowest BCUT2D eigenvalue weighted by molar-refractivity contribution is -0.124. The number of carbonyl (C=O) groups excluding carboxylic acids is 1. The lowest BCUT2D eigenvalue weighted by atomic mass is 9.49. The van der Waals surface area contributed by atoms with Crippen molar-refractivity contribution in [2.75, 3.05) is 13.6 Å². The van der Waals surface area contributed by atoms with Crippen molar-refractivity contribution < 1.29 is 9.18 Å². The molecule has 0 saturated heterocycles. The molecule has 31 heavy (non-hydrogen) atoms. The Balaban J connectivity index is 0.00000112. The van der Waals surface area contributed by atoms with Gasteiger partial charge in [0.2, 0.25) is 5.91 Å². The molecule has 4 heteroatoms. The normalized spacial score (nSPS) is 34.2. The Morgan fingerprint density at radius 2 is 1.90 bits per heavy atom. The van der Waals surface area contributed by atoms with E-state index in [4.69, 9.17) is 0 Å². The fraction of sp³-hybridized carbons (Fsp3) is 0.556. The van der Waals surface area contributed by atoms with Crippen LogP contribution in [-0.4, -0.2) is 29.4 Å². The quantitative estimate of drug-likeness (QED) is 0.540. The molecule has 3 aliphatic carbocycles. The lowest BCUT2D eigenvalue weighted by Crippen LogP contribution is -2.46. The summed E-state index contributed by atoms with van der Waals surface area (Å²) in [5.74, 6) is 0.982. The number of fused-ring (bicyclic) bond motifs is 5. The van der Waals surface area contributed by atoms with Crippen LogP contribution >= 0.6 is 0 Å². The van der Waals surface area contributed by atoms with Crippen LogP contribution in [0.25, 0.3) is 5.57 Å². The minimum Gasteiger partial charge on any atom is -0.342 e. The van der Waals surface area contributed by atoms with Gasteiger partial charge < -0.3 is 4.90 Å². The Kier molecular flexibility index (Phi) is 5.70. The van der Waals surface area contributed by atoms with Gasteiger partial charge in [-0.25, -0.2) is 4.39 Å². The fourth-order valence-electron chi connectivity index (χ4n) is 6.65. The van der Waals surface area contributed by atoms with E-state index in [1.807, 2.05) is 31.9 Å². The summed E-state index contributed by atoms with van der Waals surface area (Å²) in [4.78, 5) is 18.4. The second-order valence-corrected chi connectivity index (χ2v) is 9.81. The Morgan fingerprint density at radius 3 is 2.65 bits per heavy atom. The van der Waals surface area contributed by atoms with Crippen molar-refractivity contribution >= 4 is 11.5 Å². The summed E-state index contributed by atoms with van der Waals surface area (Å²) in [6, 6.07) is 1.61. The molecule has 1 amide bonds. The van der Waals surface area contributed by atoms with Crippen molar-refractivity contribution in [1.82, 2.24) is 9.88 Å². The number of amides is 1. The zero-order chi connectivity index (χ0) is 22.4. The predicted octanol–water partition coefficient (Wildman–Crippen LogP) is 6.19. The molecular weight excluding hydrogens is 387 g/mol. The summed E-state index contributed by atoms with van der Waals surface area (Å²) in [5.41, 5.74) is 5.04. The molecule has 0 spiro atoms. The molecule has 5 rings (SSSR count). The van der Waals surface area contributed by atoms with Gasteiger partial charge in [-0.2, -0.15) is 0 Å². The van der Waals surface area contributed by atoms with E-state index >= 15 is 0 Å². The molecule has 2 fully saturated rings. The van der Waals surface area contributed by atoms with E-state index in [-0.39, 0.29) is 22.6 Å². The van der Waals surface area contributed by atoms with E-state index in [0.29, 0.717) is 11.8 Å². The molecule has 1 aliphatic heterocycles. The number of carbonyl (C=O) groups is 1. The van der Waals surface area contributed by atoms with Gasteiger partial charge in [0.15, 0.2) is 0 Å². The van der Waals surface area contributed by atoms with Crippen molar-refractivity contribution in [3.63, 3.8) is 0 Å². The summed E-state index contributed by atoms with van der Waals surface area (Å²) in [7, 11) is 1.91. The maximum atomic E-state index is 13.8. The highest BCUT2D eigenvalue weighted by atomic mass is 19.1. The van der Waals surface area contributed by atoms with Gasteiger partial charge in [-0.15, -0.1) is 0 Å². The van der Waals surface area contributed by atoms with Crippen LogP contribution in [0.2, 0.25) is 0 Å². The van der Waals surface area contributed by atoms with E-state index in [0.717, 1.165) is 44.2 Å². The van der Waals surface area contributed by atoms with Crippen molar-refractivity contribution in [2.45, 2.75) is 59.8 Å². The van der Waals surface area contributed by atoms with Crippen LogP contribution in [0.5, 0.6) is 0 Å². The summed E-state index contributed by atoms with van der Waals surface area (Å²) in [6.07, 6.45) is 14.9. The third kappa shape index (κ3) is 3.39. The molecule has 4 atom stereocenters. The number of rotatable bonds is 1. The van der Waals surface area contributed by atoms with E-state index in [1.54, 1.807) is 12.3 Å². The zero-order valence-electron chi connectivity index (χ0n) is 19.5. The Hall–Kier alpha value is -2.23. The van der Waals surface area contributed by atoms with Crippen molar-refractivity contribution in [3.8, 4) is 0 Å². The minimum atomic E-state index is -0.277. The number of hydrogen-bond donors (Lipinski definition) is 0. The van der Waals surface area contributed by atoms with Crippen molar-refractivity contribution in [1.29, 1.82) is 0 Å². The van der Waals surface area contributed by atoms with Crippen LogP contribution in [0, 0.1) is 28.5 Å². The smallest absolute Gasteiger partial charge is 0.246 e. The fourth-order valence-corrected chi connectivity index (χ4v) is 6.65. The van der Waals surface area contributed by atoms with Gasteiger partial charge in [-0.05, 0) is 66.6 Å². The summed E-state index contributed by atoms with van der Waals surface area (Å²) >= 11 is 0.